The number of fused-ring (bicyclic) bond motifs is 1. The van der Waals surface area contributed by atoms with E-state index in [4.69, 9.17) is 0 Å². The summed E-state index contributed by atoms with van der Waals surface area (Å²) in [6, 6.07) is 4.39. The molecule has 2 heterocycles. The first-order valence-electron chi connectivity index (χ1n) is 6.30. The number of nitrogens with zero attached hydrogens (tertiary/aromatic N) is 4. The molecule has 0 saturated carbocycles. The molecule has 0 aliphatic heterocycles. The molecule has 0 unspecified atom stereocenters. The van der Waals surface area contributed by atoms with E-state index in [1.807, 2.05) is 0 Å². The van der Waals surface area contributed by atoms with Crippen molar-refractivity contribution in [1.82, 2.24) is 14.8 Å². The van der Waals surface area contributed by atoms with Gasteiger partial charge in [-0.3, -0.25) is 24.9 Å². The molecule has 8 nitrogen and oxygen atoms in total. The topological polar surface area (TPSA) is 103 Å². The molecule has 0 saturated heterocycles. The number of thiazole rings is 1. The van der Waals surface area contributed by atoms with Crippen molar-refractivity contribution in [2.75, 3.05) is 5.32 Å². The molecule has 0 bridgehead atoms. The van der Waals surface area contributed by atoms with E-state index >= 15 is 0 Å². The number of anilines is 1. The van der Waals surface area contributed by atoms with Gasteiger partial charge in [0.2, 0.25) is 0 Å². The molecule has 1 N–H and O–H groups in total. The van der Waals surface area contributed by atoms with Crippen molar-refractivity contribution in [2.45, 2.75) is 6.92 Å². The fraction of sp³-hybridized carbons (Fsp3) is 0.154. The van der Waals surface area contributed by atoms with Gasteiger partial charge < -0.3 is 0 Å². The largest absolute Gasteiger partial charge is 0.296 e. The van der Waals surface area contributed by atoms with Crippen LogP contribution in [0.15, 0.2) is 24.4 Å². The molecule has 112 valence electrons. The highest BCUT2D eigenvalue weighted by molar-refractivity contribution is 7.22. The van der Waals surface area contributed by atoms with Gasteiger partial charge in [-0.2, -0.15) is 5.10 Å². The third-order valence-corrected chi connectivity index (χ3v) is 3.96. The van der Waals surface area contributed by atoms with Gasteiger partial charge >= 0.3 is 0 Å². The Balaban J connectivity index is 1.89. The standard InChI is InChI=1S/C13H11N5O3S/c1-7-6-17(2)16-11(7)12(19)15-13-14-9-4-3-8(18(20)21)5-10(9)22-13/h3-6H,1-2H3,(H,14,15,19). The van der Waals surface area contributed by atoms with Crippen LogP contribution in [-0.4, -0.2) is 25.6 Å². The number of carbonyl (C=O) groups is 1. The lowest BCUT2D eigenvalue weighted by atomic mass is 10.3. The quantitative estimate of drug-likeness (QED) is 0.590. The Morgan fingerprint density at radius 1 is 1.45 bits per heavy atom. The minimum absolute atomic E-state index is 0.00500. The second-order valence-corrected chi connectivity index (χ2v) is 5.75. The molecule has 3 rings (SSSR count). The van der Waals surface area contributed by atoms with Crippen LogP contribution in [0.2, 0.25) is 0 Å². The van der Waals surface area contributed by atoms with E-state index < -0.39 is 4.92 Å². The molecule has 2 aromatic heterocycles. The van der Waals surface area contributed by atoms with Crippen LogP contribution >= 0.6 is 11.3 Å². The number of nitro benzene ring substituents is 1. The summed E-state index contributed by atoms with van der Waals surface area (Å²) in [6.07, 6.45) is 1.75. The molecule has 0 radical (unpaired) electrons. The summed E-state index contributed by atoms with van der Waals surface area (Å²) < 4.78 is 2.20. The van der Waals surface area contributed by atoms with Crippen molar-refractivity contribution in [3.8, 4) is 0 Å². The molecule has 1 amide bonds. The van der Waals surface area contributed by atoms with Crippen molar-refractivity contribution in [1.29, 1.82) is 0 Å². The minimum Gasteiger partial charge on any atom is -0.296 e. The number of hydrogen-bond acceptors (Lipinski definition) is 6. The number of carbonyl (C=O) groups excluding carboxylic acids is 1. The van der Waals surface area contributed by atoms with Crippen LogP contribution in [0.25, 0.3) is 10.2 Å². The van der Waals surface area contributed by atoms with Gasteiger partial charge in [-0.15, -0.1) is 0 Å². The summed E-state index contributed by atoms with van der Waals surface area (Å²) in [5.41, 5.74) is 1.68. The molecular weight excluding hydrogens is 306 g/mol. The fourth-order valence-corrected chi connectivity index (χ4v) is 2.96. The van der Waals surface area contributed by atoms with E-state index in [-0.39, 0.29) is 11.6 Å². The number of amides is 1. The number of benzene rings is 1. The second kappa shape index (κ2) is 5.19. The average Bonchev–Trinajstić information content (AvgIpc) is 2.99. The minimum atomic E-state index is -0.464. The average molecular weight is 317 g/mol. The van der Waals surface area contributed by atoms with Crippen LogP contribution in [0.5, 0.6) is 0 Å². The lowest BCUT2D eigenvalue weighted by Crippen LogP contribution is -2.13. The maximum absolute atomic E-state index is 12.2. The molecule has 0 atom stereocenters. The molecule has 3 aromatic rings. The Kier molecular flexibility index (Phi) is 3.33. The number of rotatable bonds is 3. The molecule has 9 heteroatoms. The highest BCUT2D eigenvalue weighted by atomic mass is 32.1. The summed E-state index contributed by atoms with van der Waals surface area (Å²) in [6.45, 7) is 1.80. The van der Waals surface area contributed by atoms with E-state index in [0.717, 1.165) is 5.56 Å². The highest BCUT2D eigenvalue weighted by Crippen LogP contribution is 2.29. The lowest BCUT2D eigenvalue weighted by molar-refractivity contribution is -0.384. The van der Waals surface area contributed by atoms with Crippen LogP contribution in [0.1, 0.15) is 16.1 Å². The predicted molar refractivity (Wildman–Crippen MR) is 82.2 cm³/mol. The van der Waals surface area contributed by atoms with E-state index in [1.54, 1.807) is 30.9 Å². The Bertz CT molecular complexity index is 898. The van der Waals surface area contributed by atoms with Crippen LogP contribution < -0.4 is 5.32 Å². The maximum atomic E-state index is 12.2. The number of hydrogen-bond donors (Lipinski definition) is 1. The zero-order valence-electron chi connectivity index (χ0n) is 11.7. The lowest BCUT2D eigenvalue weighted by Gasteiger charge is -1.98. The monoisotopic (exact) mass is 317 g/mol. The van der Waals surface area contributed by atoms with Gasteiger partial charge in [0.1, 0.15) is 0 Å². The molecule has 22 heavy (non-hydrogen) atoms. The summed E-state index contributed by atoms with van der Waals surface area (Å²) >= 11 is 1.18. The third-order valence-electron chi connectivity index (χ3n) is 3.03. The van der Waals surface area contributed by atoms with Gasteiger partial charge in [-0.25, -0.2) is 4.98 Å². The SMILES string of the molecule is Cc1cn(C)nc1C(=O)Nc1nc2ccc([N+](=O)[O-])cc2s1. The van der Waals surface area contributed by atoms with Gasteiger partial charge in [0.05, 0.1) is 15.1 Å². The first kappa shape index (κ1) is 14.1. The third kappa shape index (κ3) is 2.53. The Morgan fingerprint density at radius 3 is 2.86 bits per heavy atom. The molecule has 0 aliphatic carbocycles. The van der Waals surface area contributed by atoms with Crippen LogP contribution in [0.3, 0.4) is 0 Å². The first-order valence-corrected chi connectivity index (χ1v) is 7.12. The normalized spacial score (nSPS) is 10.8. The number of aryl methyl sites for hydroxylation is 2. The second-order valence-electron chi connectivity index (χ2n) is 4.72. The van der Waals surface area contributed by atoms with Gasteiger partial charge in [0, 0.05) is 30.9 Å². The van der Waals surface area contributed by atoms with Gasteiger partial charge in [-0.05, 0) is 13.0 Å². The van der Waals surface area contributed by atoms with Gasteiger partial charge in [-0.1, -0.05) is 11.3 Å². The van der Waals surface area contributed by atoms with Crippen LogP contribution in [-0.2, 0) is 7.05 Å². The van der Waals surface area contributed by atoms with Crippen molar-refractivity contribution in [2.24, 2.45) is 7.05 Å². The van der Waals surface area contributed by atoms with Crippen molar-refractivity contribution >= 4 is 38.3 Å². The van der Waals surface area contributed by atoms with Crippen LogP contribution in [0.4, 0.5) is 10.8 Å². The summed E-state index contributed by atoms with van der Waals surface area (Å²) in [5, 5.41) is 17.9. The predicted octanol–water partition coefficient (Wildman–Crippen LogP) is 2.50. The zero-order chi connectivity index (χ0) is 15.9. The number of non-ortho nitro benzene ring substituents is 1. The number of nitro groups is 1. The Hall–Kier alpha value is -2.81. The number of aromatic nitrogens is 3. The Labute approximate surface area is 128 Å². The van der Waals surface area contributed by atoms with E-state index in [1.165, 1.54) is 23.5 Å². The van der Waals surface area contributed by atoms with E-state index in [9.17, 15) is 14.9 Å². The summed E-state index contributed by atoms with van der Waals surface area (Å²) in [4.78, 5) is 26.7. The fourth-order valence-electron chi connectivity index (χ4n) is 2.07. The maximum Gasteiger partial charge on any atom is 0.278 e. The Morgan fingerprint density at radius 2 is 2.23 bits per heavy atom. The molecule has 0 spiro atoms. The first-order chi connectivity index (χ1) is 10.4. The molecule has 0 aliphatic rings. The zero-order valence-corrected chi connectivity index (χ0v) is 12.5. The molecular formula is C13H11N5O3S. The summed E-state index contributed by atoms with van der Waals surface area (Å²) in [5.74, 6) is -0.355. The summed E-state index contributed by atoms with van der Waals surface area (Å²) in [7, 11) is 1.74. The van der Waals surface area contributed by atoms with Gasteiger partial charge in [0.25, 0.3) is 11.6 Å². The number of nitrogens with one attached hydrogen (secondary N) is 1. The highest BCUT2D eigenvalue weighted by Gasteiger charge is 2.16. The van der Waals surface area contributed by atoms with E-state index in [2.05, 4.69) is 15.4 Å². The molecule has 0 fully saturated rings. The van der Waals surface area contributed by atoms with Crippen molar-refractivity contribution in [3.05, 3.63) is 45.8 Å². The van der Waals surface area contributed by atoms with E-state index in [0.29, 0.717) is 21.0 Å². The smallest absolute Gasteiger partial charge is 0.278 e. The molecule has 1 aromatic carbocycles. The van der Waals surface area contributed by atoms with Crippen molar-refractivity contribution in [3.63, 3.8) is 0 Å². The van der Waals surface area contributed by atoms with Gasteiger partial charge in [0.15, 0.2) is 10.8 Å². The van der Waals surface area contributed by atoms with Crippen molar-refractivity contribution < 1.29 is 9.72 Å². The van der Waals surface area contributed by atoms with Crippen LogP contribution in [0, 0.1) is 17.0 Å².